The first-order valence-corrected chi connectivity index (χ1v) is 7.30. The molecular weight excluding hydrogens is 309 g/mol. The monoisotopic (exact) mass is 321 g/mol. The van der Waals surface area contributed by atoms with Gasteiger partial charge in [0, 0.05) is 17.0 Å². The Balaban J connectivity index is 2.29. The van der Waals surface area contributed by atoms with Gasteiger partial charge in [0.1, 0.15) is 5.38 Å². The molecule has 3 nitrogen and oxygen atoms in total. The van der Waals surface area contributed by atoms with Crippen LogP contribution in [0.3, 0.4) is 0 Å². The zero-order chi connectivity index (χ0) is 15.2. The lowest BCUT2D eigenvalue weighted by Crippen LogP contribution is -2.25. The molecule has 1 N–H and O–H groups in total. The van der Waals surface area contributed by atoms with Gasteiger partial charge in [0.05, 0.1) is 5.69 Å². The van der Waals surface area contributed by atoms with Crippen molar-refractivity contribution >= 4 is 40.6 Å². The predicted molar refractivity (Wildman–Crippen MR) is 85.3 cm³/mol. The van der Waals surface area contributed by atoms with Gasteiger partial charge >= 0.3 is 0 Å². The highest BCUT2D eigenvalue weighted by molar-refractivity contribution is 6.37. The molecule has 0 aliphatic carbocycles. The Morgan fingerprint density at radius 1 is 1.00 bits per heavy atom. The summed E-state index contributed by atoms with van der Waals surface area (Å²) in [5.74, 6) is -0.592. The molecule has 2 aromatic rings. The summed E-state index contributed by atoms with van der Waals surface area (Å²) in [6.07, 6.45) is 0. The van der Waals surface area contributed by atoms with E-state index < -0.39 is 11.3 Å². The van der Waals surface area contributed by atoms with Crippen molar-refractivity contribution in [3.05, 3.63) is 65.7 Å². The van der Waals surface area contributed by atoms with Crippen molar-refractivity contribution in [3.63, 3.8) is 0 Å². The van der Waals surface area contributed by atoms with Crippen LogP contribution in [-0.2, 0) is 4.79 Å². The summed E-state index contributed by atoms with van der Waals surface area (Å²) in [6.45, 7) is 0. The summed E-state index contributed by atoms with van der Waals surface area (Å²) in [5, 5.41) is 1.79. The van der Waals surface area contributed by atoms with Crippen molar-refractivity contribution in [2.24, 2.45) is 0 Å². The van der Waals surface area contributed by atoms with Crippen LogP contribution in [0.5, 0.6) is 0 Å². The van der Waals surface area contributed by atoms with Crippen LogP contribution in [0.2, 0.25) is 0 Å². The highest BCUT2D eigenvalue weighted by atomic mass is 35.5. The van der Waals surface area contributed by atoms with Crippen LogP contribution in [0.4, 0.5) is 5.69 Å². The second kappa shape index (κ2) is 7.25. The quantitative estimate of drug-likeness (QED) is 0.674. The Bertz CT molecular complexity index is 644. The molecule has 0 aromatic heterocycles. The summed E-state index contributed by atoms with van der Waals surface area (Å²) in [7, 11) is 0. The number of benzene rings is 2. The molecule has 1 atom stereocenters. The van der Waals surface area contributed by atoms with E-state index in [0.717, 1.165) is 0 Å². The highest BCUT2D eigenvalue weighted by Crippen LogP contribution is 2.20. The largest absolute Gasteiger partial charge is 0.324 e. The topological polar surface area (TPSA) is 46.2 Å². The number of carbonyl (C=O) groups excluding carboxylic acids is 2. The molecule has 21 heavy (non-hydrogen) atoms. The molecule has 1 unspecified atom stereocenters. The summed E-state index contributed by atoms with van der Waals surface area (Å²) in [4.78, 5) is 24.3. The maximum atomic E-state index is 12.5. The Hall–Kier alpha value is -1.84. The average Bonchev–Trinajstić information content (AvgIpc) is 2.54. The molecule has 1 amide bonds. The Morgan fingerprint density at radius 3 is 2.29 bits per heavy atom. The van der Waals surface area contributed by atoms with Gasteiger partial charge in [-0.25, -0.2) is 0 Å². The first-order valence-electron chi connectivity index (χ1n) is 6.33. The number of para-hydroxylation sites is 1. The zero-order valence-electron chi connectivity index (χ0n) is 11.1. The minimum absolute atomic E-state index is 0.00217. The number of hydrogen-bond acceptors (Lipinski definition) is 2. The van der Waals surface area contributed by atoms with Gasteiger partial charge in [-0.15, -0.1) is 23.2 Å². The fraction of sp³-hybridized carbons (Fsp3) is 0.125. The molecule has 2 rings (SSSR count). The lowest BCUT2D eigenvalue weighted by molar-refractivity contribution is -0.115. The summed E-state index contributed by atoms with van der Waals surface area (Å²) in [6, 6.07) is 15.7. The Labute approximate surface area is 132 Å². The molecule has 0 saturated carbocycles. The molecule has 0 radical (unpaired) electrons. The third-order valence-corrected chi connectivity index (χ3v) is 3.70. The van der Waals surface area contributed by atoms with E-state index in [4.69, 9.17) is 23.2 Å². The molecule has 0 heterocycles. The fourth-order valence-electron chi connectivity index (χ4n) is 1.82. The number of hydrogen-bond donors (Lipinski definition) is 1. The molecule has 2 aromatic carbocycles. The average molecular weight is 322 g/mol. The van der Waals surface area contributed by atoms with Gasteiger partial charge in [-0.1, -0.05) is 42.5 Å². The standard InChI is InChI=1S/C16H13Cl2NO2/c17-10-13(18)16(21)19-14-9-5-4-8-12(14)15(20)11-6-2-1-3-7-11/h1-9,13H,10H2,(H,19,21). The van der Waals surface area contributed by atoms with E-state index in [0.29, 0.717) is 16.8 Å². The van der Waals surface area contributed by atoms with Crippen LogP contribution >= 0.6 is 23.2 Å². The highest BCUT2D eigenvalue weighted by Gasteiger charge is 2.18. The van der Waals surface area contributed by atoms with Crippen molar-refractivity contribution < 1.29 is 9.59 Å². The smallest absolute Gasteiger partial charge is 0.243 e. The van der Waals surface area contributed by atoms with Gasteiger partial charge in [-0.05, 0) is 12.1 Å². The number of alkyl halides is 2. The van der Waals surface area contributed by atoms with Crippen molar-refractivity contribution in [2.75, 3.05) is 11.2 Å². The molecule has 0 bridgehead atoms. The van der Waals surface area contributed by atoms with E-state index in [1.54, 1.807) is 48.5 Å². The van der Waals surface area contributed by atoms with Gasteiger partial charge in [0.25, 0.3) is 0 Å². The van der Waals surface area contributed by atoms with Crippen LogP contribution in [-0.4, -0.2) is 22.9 Å². The number of carbonyl (C=O) groups is 2. The third-order valence-electron chi connectivity index (χ3n) is 2.89. The molecular formula is C16H13Cl2NO2. The molecule has 0 aliphatic heterocycles. The summed E-state index contributed by atoms with van der Waals surface area (Å²) >= 11 is 11.3. The lowest BCUT2D eigenvalue weighted by Gasteiger charge is -2.12. The maximum Gasteiger partial charge on any atom is 0.243 e. The van der Waals surface area contributed by atoms with E-state index in [-0.39, 0.29) is 11.7 Å². The fourth-order valence-corrected chi connectivity index (χ4v) is 2.01. The van der Waals surface area contributed by atoms with E-state index in [9.17, 15) is 9.59 Å². The predicted octanol–water partition coefficient (Wildman–Crippen LogP) is 3.70. The second-order valence-corrected chi connectivity index (χ2v) is 5.19. The number of rotatable bonds is 5. The number of halogens is 2. The first-order chi connectivity index (χ1) is 10.1. The van der Waals surface area contributed by atoms with Crippen LogP contribution in [0.15, 0.2) is 54.6 Å². The van der Waals surface area contributed by atoms with Gasteiger partial charge in [-0.3, -0.25) is 9.59 Å². The molecule has 0 fully saturated rings. The van der Waals surface area contributed by atoms with Crippen molar-refractivity contribution in [1.29, 1.82) is 0 Å². The SMILES string of the molecule is O=C(c1ccccc1)c1ccccc1NC(=O)C(Cl)CCl. The van der Waals surface area contributed by atoms with Gasteiger partial charge < -0.3 is 5.32 Å². The van der Waals surface area contributed by atoms with Gasteiger partial charge in [0.15, 0.2) is 5.78 Å². The van der Waals surface area contributed by atoms with Crippen LogP contribution < -0.4 is 5.32 Å². The Morgan fingerprint density at radius 2 is 1.62 bits per heavy atom. The van der Waals surface area contributed by atoms with Crippen LogP contribution in [0.1, 0.15) is 15.9 Å². The third kappa shape index (κ3) is 3.84. The Kier molecular flexibility index (Phi) is 5.37. The van der Waals surface area contributed by atoms with E-state index in [2.05, 4.69) is 5.32 Å². The normalized spacial score (nSPS) is 11.7. The first kappa shape index (κ1) is 15.5. The van der Waals surface area contributed by atoms with Gasteiger partial charge in [-0.2, -0.15) is 0 Å². The van der Waals surface area contributed by atoms with Crippen molar-refractivity contribution in [3.8, 4) is 0 Å². The molecule has 0 aliphatic rings. The number of amides is 1. The van der Waals surface area contributed by atoms with E-state index >= 15 is 0 Å². The van der Waals surface area contributed by atoms with Gasteiger partial charge in [0.2, 0.25) is 5.91 Å². The minimum Gasteiger partial charge on any atom is -0.324 e. The maximum absolute atomic E-state index is 12.5. The van der Waals surface area contributed by atoms with Crippen molar-refractivity contribution in [2.45, 2.75) is 5.38 Å². The number of nitrogens with one attached hydrogen (secondary N) is 1. The minimum atomic E-state index is -0.841. The summed E-state index contributed by atoms with van der Waals surface area (Å²) in [5.41, 5.74) is 1.39. The molecule has 5 heteroatoms. The van der Waals surface area contributed by atoms with Crippen molar-refractivity contribution in [1.82, 2.24) is 0 Å². The zero-order valence-corrected chi connectivity index (χ0v) is 12.6. The van der Waals surface area contributed by atoms with Crippen LogP contribution in [0, 0.1) is 0 Å². The summed E-state index contributed by atoms with van der Waals surface area (Å²) < 4.78 is 0. The molecule has 0 saturated heterocycles. The molecule has 108 valence electrons. The second-order valence-electron chi connectivity index (χ2n) is 4.35. The number of anilines is 1. The number of ketones is 1. The van der Waals surface area contributed by atoms with E-state index in [1.807, 2.05) is 6.07 Å². The van der Waals surface area contributed by atoms with Crippen LogP contribution in [0.25, 0.3) is 0 Å². The molecule has 0 spiro atoms. The lowest BCUT2D eigenvalue weighted by atomic mass is 10.0. The van der Waals surface area contributed by atoms with E-state index in [1.165, 1.54) is 0 Å².